The van der Waals surface area contributed by atoms with Crippen molar-refractivity contribution < 1.29 is 9.84 Å². The monoisotopic (exact) mass is 559 g/mol. The van der Waals surface area contributed by atoms with Crippen LogP contribution in [0.4, 0.5) is 5.69 Å². The Kier molecular flexibility index (Phi) is 8.14. The van der Waals surface area contributed by atoms with Crippen LogP contribution < -0.4 is 10.1 Å². The fourth-order valence-electron chi connectivity index (χ4n) is 6.73. The zero-order chi connectivity index (χ0) is 29.1. The van der Waals surface area contributed by atoms with E-state index in [1.165, 1.54) is 25.7 Å². The van der Waals surface area contributed by atoms with Crippen LogP contribution in [0, 0.1) is 0 Å². The summed E-state index contributed by atoms with van der Waals surface area (Å²) in [4.78, 5) is 7.14. The van der Waals surface area contributed by atoms with E-state index in [1.54, 1.807) is 7.11 Å². The van der Waals surface area contributed by atoms with Crippen molar-refractivity contribution in [2.24, 2.45) is 0 Å². The second kappa shape index (κ2) is 12.1. The first-order valence-electron chi connectivity index (χ1n) is 15.1. The Labute approximate surface area is 249 Å². The molecule has 6 rings (SSSR count). The maximum Gasteiger partial charge on any atom is 0.217 e. The lowest BCUT2D eigenvalue weighted by Gasteiger charge is -2.39. The number of benzene rings is 4. The Hall–Kier alpha value is -3.93. The highest BCUT2D eigenvalue weighted by atomic mass is 16.5. The van der Waals surface area contributed by atoms with Crippen LogP contribution in [0.1, 0.15) is 54.7 Å². The smallest absolute Gasteiger partial charge is 0.217 e. The quantitative estimate of drug-likeness (QED) is 0.183. The summed E-state index contributed by atoms with van der Waals surface area (Å²) in [6, 6.07) is 34.0. The van der Waals surface area contributed by atoms with Gasteiger partial charge in [0.15, 0.2) is 0 Å². The Bertz CT molecular complexity index is 1660. The molecule has 2 atom stereocenters. The zero-order valence-corrected chi connectivity index (χ0v) is 24.9. The number of aliphatic hydroxyl groups is 1. The number of nitrogens with zero attached hydrogens (tertiary/aromatic N) is 2. The highest BCUT2D eigenvalue weighted by Crippen LogP contribution is 2.49. The number of nitrogens with one attached hydrogen (secondary N) is 1. The van der Waals surface area contributed by atoms with Crippen LogP contribution in [0.5, 0.6) is 5.88 Å². The molecule has 0 bridgehead atoms. The number of aromatic nitrogens is 1. The first kappa shape index (κ1) is 28.2. The molecule has 42 heavy (non-hydrogen) atoms. The van der Waals surface area contributed by atoms with E-state index in [0.717, 1.165) is 44.1 Å². The Morgan fingerprint density at radius 2 is 1.64 bits per heavy atom. The van der Waals surface area contributed by atoms with Crippen molar-refractivity contribution >= 4 is 27.4 Å². The van der Waals surface area contributed by atoms with Gasteiger partial charge in [-0.3, -0.25) is 0 Å². The molecule has 1 aliphatic rings. The number of pyridine rings is 1. The van der Waals surface area contributed by atoms with Gasteiger partial charge < -0.3 is 20.1 Å². The van der Waals surface area contributed by atoms with Gasteiger partial charge in [0, 0.05) is 35.1 Å². The second-order valence-electron chi connectivity index (χ2n) is 12.0. The summed E-state index contributed by atoms with van der Waals surface area (Å²) < 4.78 is 5.99. The number of hydrogen-bond donors (Lipinski definition) is 2. The molecule has 0 saturated heterocycles. The van der Waals surface area contributed by atoms with E-state index >= 15 is 0 Å². The molecule has 2 N–H and O–H groups in total. The molecule has 5 nitrogen and oxygen atoms in total. The summed E-state index contributed by atoms with van der Waals surface area (Å²) in [5.74, 6) is 0.110. The average Bonchev–Trinajstić information content (AvgIpc) is 3.53. The van der Waals surface area contributed by atoms with E-state index < -0.39 is 11.5 Å². The van der Waals surface area contributed by atoms with Crippen LogP contribution in [-0.4, -0.2) is 48.8 Å². The van der Waals surface area contributed by atoms with Crippen molar-refractivity contribution in [3.63, 3.8) is 0 Å². The summed E-state index contributed by atoms with van der Waals surface area (Å²) in [5, 5.41) is 20.1. The van der Waals surface area contributed by atoms with Crippen molar-refractivity contribution in [1.29, 1.82) is 0 Å². The van der Waals surface area contributed by atoms with Crippen LogP contribution in [0.3, 0.4) is 0 Å². The molecule has 1 aromatic heterocycles. The van der Waals surface area contributed by atoms with E-state index in [4.69, 9.17) is 9.72 Å². The van der Waals surface area contributed by atoms with Gasteiger partial charge in [0.25, 0.3) is 0 Å². The highest BCUT2D eigenvalue weighted by molar-refractivity contribution is 5.87. The summed E-state index contributed by atoms with van der Waals surface area (Å²) in [6.07, 6.45) is 5.52. The predicted octanol–water partition coefficient (Wildman–Crippen LogP) is 7.72. The van der Waals surface area contributed by atoms with Gasteiger partial charge in [-0.05, 0) is 79.5 Å². The maximum absolute atomic E-state index is 13.2. The lowest BCUT2D eigenvalue weighted by molar-refractivity contribution is 0.00520. The third-order valence-corrected chi connectivity index (χ3v) is 8.84. The molecule has 1 fully saturated rings. The van der Waals surface area contributed by atoms with Gasteiger partial charge in [-0.15, -0.1) is 0 Å². The lowest BCUT2D eigenvalue weighted by atomic mass is 9.70. The molecule has 216 valence electrons. The minimum absolute atomic E-state index is 0.428. The van der Waals surface area contributed by atoms with E-state index in [9.17, 15) is 5.11 Å². The van der Waals surface area contributed by atoms with Gasteiger partial charge in [0.2, 0.25) is 5.88 Å². The summed E-state index contributed by atoms with van der Waals surface area (Å²) >= 11 is 0. The average molecular weight is 560 g/mol. The summed E-state index contributed by atoms with van der Waals surface area (Å²) in [7, 11) is 5.78. The molecule has 0 radical (unpaired) electrons. The molecule has 1 heterocycles. The normalized spacial score (nSPS) is 16.1. The third-order valence-electron chi connectivity index (χ3n) is 8.84. The van der Waals surface area contributed by atoms with E-state index in [2.05, 4.69) is 91.0 Å². The van der Waals surface area contributed by atoms with Crippen LogP contribution in [0.2, 0.25) is 0 Å². The van der Waals surface area contributed by atoms with Gasteiger partial charge in [-0.2, -0.15) is 0 Å². The van der Waals surface area contributed by atoms with Gasteiger partial charge in [0.05, 0.1) is 12.6 Å². The van der Waals surface area contributed by atoms with Crippen molar-refractivity contribution in [3.8, 4) is 5.88 Å². The topological polar surface area (TPSA) is 57.6 Å². The predicted molar refractivity (Wildman–Crippen MR) is 173 cm³/mol. The molecule has 0 aliphatic heterocycles. The van der Waals surface area contributed by atoms with Crippen LogP contribution in [0.25, 0.3) is 21.7 Å². The summed E-state index contributed by atoms with van der Waals surface area (Å²) in [5.41, 5.74) is 3.54. The third kappa shape index (κ3) is 5.59. The zero-order valence-electron chi connectivity index (χ0n) is 24.9. The molecule has 0 amide bonds. The molecule has 1 saturated carbocycles. The van der Waals surface area contributed by atoms with Crippen molar-refractivity contribution in [2.75, 3.05) is 33.1 Å². The SMILES string of the molecule is COc1nc2ccc(NC3CCCC3)cc2cc1C(c1ccccc1)C(O)(CCN(C)C)c1cccc2ccccc12. The molecule has 1 aliphatic carbocycles. The van der Waals surface area contributed by atoms with Gasteiger partial charge in [0.1, 0.15) is 5.60 Å². The van der Waals surface area contributed by atoms with Crippen LogP contribution in [-0.2, 0) is 5.60 Å². The number of anilines is 1. The fraction of sp³-hybridized carbons (Fsp3) is 0.324. The highest BCUT2D eigenvalue weighted by Gasteiger charge is 2.43. The Morgan fingerprint density at radius 1 is 0.905 bits per heavy atom. The number of hydrogen-bond acceptors (Lipinski definition) is 5. The van der Waals surface area contributed by atoms with E-state index in [-0.39, 0.29) is 0 Å². The van der Waals surface area contributed by atoms with Crippen molar-refractivity contribution in [2.45, 2.75) is 49.7 Å². The molecule has 0 spiro atoms. The largest absolute Gasteiger partial charge is 0.481 e. The molecular formula is C37H41N3O2. The van der Waals surface area contributed by atoms with Gasteiger partial charge in [-0.1, -0.05) is 85.6 Å². The minimum atomic E-state index is -1.26. The molecule has 5 aromatic rings. The maximum atomic E-state index is 13.2. The van der Waals surface area contributed by atoms with Crippen molar-refractivity contribution in [3.05, 3.63) is 114 Å². The molecular weight excluding hydrogens is 518 g/mol. The standard InChI is InChI=1S/C37H41N3O2/c1-40(2)23-22-37(41,33-19-11-15-26-12-7-10-18-31(26)33)35(27-13-5-4-6-14-27)32-25-28-24-30(38-29-16-8-9-17-29)20-21-34(28)39-36(32)42-3/h4-7,10-15,18-21,24-25,29,35,38,41H,8-9,16-17,22-23H2,1-3H3. The fourth-order valence-corrected chi connectivity index (χ4v) is 6.73. The number of ether oxygens (including phenoxy) is 1. The number of rotatable bonds is 10. The van der Waals surface area contributed by atoms with Crippen LogP contribution in [0.15, 0.2) is 97.1 Å². The number of fused-ring (bicyclic) bond motifs is 2. The summed E-state index contributed by atoms with van der Waals surface area (Å²) in [6.45, 7) is 0.710. The number of methoxy groups -OCH3 is 1. The molecule has 5 heteroatoms. The van der Waals surface area contributed by atoms with E-state index in [0.29, 0.717) is 24.9 Å². The lowest BCUT2D eigenvalue weighted by Crippen LogP contribution is -2.38. The van der Waals surface area contributed by atoms with Gasteiger partial charge >= 0.3 is 0 Å². The van der Waals surface area contributed by atoms with Crippen molar-refractivity contribution in [1.82, 2.24) is 9.88 Å². The van der Waals surface area contributed by atoms with Crippen LogP contribution >= 0.6 is 0 Å². The van der Waals surface area contributed by atoms with E-state index in [1.807, 2.05) is 30.3 Å². The van der Waals surface area contributed by atoms with Gasteiger partial charge in [-0.25, -0.2) is 4.98 Å². The first-order chi connectivity index (χ1) is 20.5. The Balaban J connectivity index is 1.57. The Morgan fingerprint density at radius 3 is 2.40 bits per heavy atom. The molecule has 2 unspecified atom stereocenters. The first-order valence-corrected chi connectivity index (χ1v) is 15.1. The molecule has 4 aromatic carbocycles. The second-order valence-corrected chi connectivity index (χ2v) is 12.0. The minimum Gasteiger partial charge on any atom is -0.481 e.